The van der Waals surface area contributed by atoms with Gasteiger partial charge in [-0.15, -0.1) is 0 Å². The smallest absolute Gasteiger partial charge is 0.336 e. The zero-order chi connectivity index (χ0) is 30.1. The van der Waals surface area contributed by atoms with Crippen molar-refractivity contribution in [1.29, 1.82) is 0 Å². The molecule has 218 valence electrons. The van der Waals surface area contributed by atoms with Gasteiger partial charge in [-0.05, 0) is 0 Å². The minimum Gasteiger partial charge on any atom is -0.481 e. The molecule has 37 heavy (non-hydrogen) atoms. The van der Waals surface area contributed by atoms with Crippen molar-refractivity contribution in [2.75, 3.05) is 19.8 Å². The lowest BCUT2D eigenvalue weighted by molar-refractivity contribution is -0.170. The Morgan fingerprint density at radius 1 is 0.676 bits per heavy atom. The van der Waals surface area contributed by atoms with Crippen LogP contribution in [0.25, 0.3) is 0 Å². The van der Waals surface area contributed by atoms with E-state index in [-0.39, 0.29) is 6.29 Å². The lowest BCUT2D eigenvalue weighted by Crippen LogP contribution is -2.46. The third-order valence-electron chi connectivity index (χ3n) is 4.10. The number of carbonyl (C=O) groups is 5. The average molecular weight is 552 g/mol. The number of aliphatic hydroxyl groups is 11. The molecule has 7 atom stereocenters. The second-order valence-corrected chi connectivity index (χ2v) is 7.15. The SMILES string of the molecule is O=C(CO)C(O)C(O)C(O)CO.O=C(O)CC(O)(CC(=O)O)C(=O)O.O=CC(O)C(O)C(O)C(O)CO. The van der Waals surface area contributed by atoms with E-state index in [2.05, 4.69) is 0 Å². The highest BCUT2D eigenvalue weighted by atomic mass is 16.4. The third-order valence-corrected chi connectivity index (χ3v) is 4.10. The molecule has 0 radical (unpaired) electrons. The van der Waals surface area contributed by atoms with Crippen LogP contribution in [0.5, 0.6) is 0 Å². The zero-order valence-electron chi connectivity index (χ0n) is 19.0. The van der Waals surface area contributed by atoms with E-state index in [0.29, 0.717) is 0 Å². The van der Waals surface area contributed by atoms with Crippen molar-refractivity contribution >= 4 is 30.0 Å². The van der Waals surface area contributed by atoms with Crippen molar-refractivity contribution in [2.24, 2.45) is 0 Å². The highest BCUT2D eigenvalue weighted by molar-refractivity contribution is 5.88. The van der Waals surface area contributed by atoms with Gasteiger partial charge >= 0.3 is 17.9 Å². The zero-order valence-corrected chi connectivity index (χ0v) is 19.0. The Labute approximate surface area is 207 Å². The van der Waals surface area contributed by atoms with Gasteiger partial charge in [-0.1, -0.05) is 0 Å². The van der Waals surface area contributed by atoms with Gasteiger partial charge in [0, 0.05) is 0 Å². The first-order valence-corrected chi connectivity index (χ1v) is 9.83. The summed E-state index contributed by atoms with van der Waals surface area (Å²) in [6.45, 7) is -2.45. The van der Waals surface area contributed by atoms with E-state index in [9.17, 15) is 24.0 Å². The van der Waals surface area contributed by atoms with Crippen molar-refractivity contribution in [2.45, 2.75) is 61.2 Å². The molecule has 0 saturated heterocycles. The normalized spacial score (nSPS) is 16.6. The molecule has 0 bridgehead atoms. The molecule has 19 nitrogen and oxygen atoms in total. The predicted molar refractivity (Wildman–Crippen MR) is 111 cm³/mol. The molecule has 0 aromatic carbocycles. The summed E-state index contributed by atoms with van der Waals surface area (Å²) >= 11 is 0. The summed E-state index contributed by atoms with van der Waals surface area (Å²) in [6.07, 6.45) is -14.3. The highest BCUT2D eigenvalue weighted by Gasteiger charge is 2.40. The number of aliphatic hydroxyl groups excluding tert-OH is 10. The molecule has 0 aromatic heterocycles. The van der Waals surface area contributed by atoms with Crippen molar-refractivity contribution < 1.29 is 95.5 Å². The molecule has 0 amide bonds. The number of carbonyl (C=O) groups excluding carboxylic acids is 2. The fourth-order valence-corrected chi connectivity index (χ4v) is 1.93. The molecule has 14 N–H and O–H groups in total. The van der Waals surface area contributed by atoms with E-state index in [0.717, 1.165) is 0 Å². The monoisotopic (exact) mass is 552 g/mol. The van der Waals surface area contributed by atoms with Crippen molar-refractivity contribution in [3.63, 3.8) is 0 Å². The van der Waals surface area contributed by atoms with Crippen LogP contribution in [-0.2, 0) is 24.0 Å². The fraction of sp³-hybridized carbons (Fsp3) is 0.722. The standard InChI is InChI=1S/C6H8O7.2C6H12O6/c7-3(8)1-6(13,5(11)12)2-4(9)10;2*7-1-3(9)5(11)6(12)4(10)2-8/h13H,1-2H2,(H,7,8)(H,9,10)(H,11,12);3,5-9,11-12H,1-2H2;1,3-6,8-12H,2H2. The molecule has 19 heteroatoms. The molecule has 0 aromatic rings. The minimum absolute atomic E-state index is 0.0258. The first-order chi connectivity index (χ1) is 16.9. The molecule has 0 aliphatic rings. The van der Waals surface area contributed by atoms with Gasteiger partial charge in [0.25, 0.3) is 0 Å². The lowest BCUT2D eigenvalue weighted by atomic mass is 9.96. The van der Waals surface area contributed by atoms with Gasteiger partial charge in [0.2, 0.25) is 0 Å². The summed E-state index contributed by atoms with van der Waals surface area (Å²) in [5, 5.41) is 120. The van der Waals surface area contributed by atoms with Crippen LogP contribution in [0.1, 0.15) is 12.8 Å². The maximum Gasteiger partial charge on any atom is 0.336 e. The van der Waals surface area contributed by atoms with Gasteiger partial charge in [-0.3, -0.25) is 14.4 Å². The van der Waals surface area contributed by atoms with Crippen molar-refractivity contribution in [3.8, 4) is 0 Å². The highest BCUT2D eigenvalue weighted by Crippen LogP contribution is 2.15. The van der Waals surface area contributed by atoms with Crippen LogP contribution in [-0.4, -0.2) is 170 Å². The van der Waals surface area contributed by atoms with Gasteiger partial charge in [0.05, 0.1) is 26.1 Å². The number of aldehydes is 1. The summed E-state index contributed by atoms with van der Waals surface area (Å²) < 4.78 is 0. The topological polar surface area (TPSA) is 369 Å². The summed E-state index contributed by atoms with van der Waals surface area (Å²) in [6, 6.07) is 0. The summed E-state index contributed by atoms with van der Waals surface area (Å²) in [5.74, 6) is -6.02. The largest absolute Gasteiger partial charge is 0.481 e. The van der Waals surface area contributed by atoms with Crippen LogP contribution in [0.3, 0.4) is 0 Å². The molecular formula is C18H32O19. The quantitative estimate of drug-likeness (QED) is 0.0838. The second kappa shape index (κ2) is 19.4. The third kappa shape index (κ3) is 15.9. The van der Waals surface area contributed by atoms with Crippen LogP contribution < -0.4 is 0 Å². The van der Waals surface area contributed by atoms with Gasteiger partial charge < -0.3 is 76.3 Å². The Bertz CT molecular complexity index is 695. The summed E-state index contributed by atoms with van der Waals surface area (Å²) in [4.78, 5) is 50.9. The first-order valence-electron chi connectivity index (χ1n) is 9.83. The minimum atomic E-state index is -2.74. The van der Waals surface area contributed by atoms with Crippen LogP contribution in [0, 0.1) is 0 Å². The number of aliphatic carboxylic acids is 3. The van der Waals surface area contributed by atoms with Gasteiger partial charge in [-0.2, -0.15) is 0 Å². The predicted octanol–water partition coefficient (Wildman–Crippen LogP) is -8.00. The van der Waals surface area contributed by atoms with Gasteiger partial charge in [0.15, 0.2) is 17.7 Å². The Kier molecular flexibility index (Phi) is 20.4. The maximum atomic E-state index is 10.5. The number of carboxylic acid groups (broad SMARTS) is 3. The Morgan fingerprint density at radius 2 is 1.05 bits per heavy atom. The van der Waals surface area contributed by atoms with E-state index in [1.165, 1.54) is 0 Å². The molecule has 0 aliphatic heterocycles. The Balaban J connectivity index is -0.000000469. The van der Waals surface area contributed by atoms with E-state index >= 15 is 0 Å². The molecule has 0 heterocycles. The van der Waals surface area contributed by atoms with E-state index in [1.807, 2.05) is 0 Å². The fourth-order valence-electron chi connectivity index (χ4n) is 1.93. The number of Topliss-reactive ketones (excluding diaryl/α,β-unsaturated/α-hetero) is 1. The van der Waals surface area contributed by atoms with Crippen LogP contribution in [0.4, 0.5) is 0 Å². The van der Waals surface area contributed by atoms with E-state index in [1.54, 1.807) is 0 Å². The molecule has 0 saturated carbocycles. The van der Waals surface area contributed by atoms with Crippen LogP contribution >= 0.6 is 0 Å². The van der Waals surface area contributed by atoms with Crippen molar-refractivity contribution in [1.82, 2.24) is 0 Å². The van der Waals surface area contributed by atoms with Gasteiger partial charge in [0.1, 0.15) is 49.3 Å². The molecule has 0 fully saturated rings. The number of rotatable bonds is 15. The Hall–Kier alpha value is -2.69. The lowest BCUT2D eigenvalue weighted by Gasteiger charge is -2.22. The molecule has 0 aliphatic carbocycles. The van der Waals surface area contributed by atoms with Crippen molar-refractivity contribution in [3.05, 3.63) is 0 Å². The molecule has 0 rings (SSSR count). The number of hydrogen-bond acceptors (Lipinski definition) is 16. The van der Waals surface area contributed by atoms with Gasteiger partial charge in [-0.25, -0.2) is 4.79 Å². The number of carboxylic acids is 3. The second-order valence-electron chi connectivity index (χ2n) is 7.15. The first kappa shape index (κ1) is 38.8. The molecule has 0 spiro atoms. The maximum absolute atomic E-state index is 10.5. The summed E-state index contributed by atoms with van der Waals surface area (Å²) in [5.41, 5.74) is -2.74. The average Bonchev–Trinajstić information content (AvgIpc) is 2.84. The summed E-state index contributed by atoms with van der Waals surface area (Å²) in [7, 11) is 0. The Morgan fingerprint density at radius 3 is 1.32 bits per heavy atom. The van der Waals surface area contributed by atoms with E-state index in [4.69, 9.17) is 71.5 Å². The van der Waals surface area contributed by atoms with Crippen LogP contribution in [0.2, 0.25) is 0 Å². The molecular weight excluding hydrogens is 520 g/mol. The van der Waals surface area contributed by atoms with E-state index < -0.39 is 105 Å². The van der Waals surface area contributed by atoms with Crippen LogP contribution in [0.15, 0.2) is 0 Å². The molecule has 7 unspecified atom stereocenters. The number of hydrogen-bond donors (Lipinski definition) is 14. The number of ketones is 1.